The topological polar surface area (TPSA) is 102 Å². The van der Waals surface area contributed by atoms with Crippen LogP contribution >= 0.6 is 0 Å². The van der Waals surface area contributed by atoms with Crippen LogP contribution in [0.3, 0.4) is 0 Å². The number of hydrogen-bond donors (Lipinski definition) is 2. The number of sulfonamides is 1. The highest BCUT2D eigenvalue weighted by Gasteiger charge is 2.30. The van der Waals surface area contributed by atoms with E-state index in [4.69, 9.17) is 9.88 Å². The maximum atomic E-state index is 13.5. The second-order valence-corrected chi connectivity index (χ2v) is 10.1. The molecule has 4 rings (SSSR count). The third kappa shape index (κ3) is 5.14. The number of rotatable bonds is 7. The van der Waals surface area contributed by atoms with E-state index < -0.39 is 15.4 Å². The number of anilines is 1. The lowest BCUT2D eigenvalue weighted by molar-refractivity contribution is 0.0945. The third-order valence-corrected chi connectivity index (χ3v) is 7.23. The largest absolute Gasteiger partial charge is 0.378 e. The van der Waals surface area contributed by atoms with E-state index in [1.54, 1.807) is 6.07 Å². The smallest absolute Gasteiger partial charge is 0.253 e. The molecule has 1 aliphatic rings. The van der Waals surface area contributed by atoms with Gasteiger partial charge in [0, 0.05) is 30.7 Å². The fraction of sp³-hybridized carbons (Fsp3) is 0.269. The van der Waals surface area contributed by atoms with Crippen LogP contribution in [0.15, 0.2) is 83.8 Å². The van der Waals surface area contributed by atoms with E-state index in [1.165, 1.54) is 12.1 Å². The van der Waals surface area contributed by atoms with Crippen LogP contribution in [0, 0.1) is 0 Å². The van der Waals surface area contributed by atoms with Gasteiger partial charge < -0.3 is 15.0 Å². The summed E-state index contributed by atoms with van der Waals surface area (Å²) in [4.78, 5) is 15.4. The number of nitrogens with one attached hydrogen (secondary N) is 1. The molecule has 0 aliphatic carbocycles. The molecular weight excluding hydrogens is 450 g/mol. The van der Waals surface area contributed by atoms with Gasteiger partial charge in [-0.3, -0.25) is 4.79 Å². The van der Waals surface area contributed by atoms with Crippen molar-refractivity contribution in [1.82, 2.24) is 5.32 Å². The normalized spacial score (nSPS) is 14.6. The van der Waals surface area contributed by atoms with Crippen LogP contribution in [-0.4, -0.2) is 47.2 Å². The molecule has 3 aromatic rings. The number of primary sulfonamides is 1. The average molecular weight is 480 g/mol. The van der Waals surface area contributed by atoms with Crippen molar-refractivity contribution in [3.05, 3.63) is 95.6 Å². The van der Waals surface area contributed by atoms with Crippen molar-refractivity contribution in [2.24, 2.45) is 5.14 Å². The van der Waals surface area contributed by atoms with Crippen LogP contribution in [0.1, 0.15) is 28.4 Å². The fourth-order valence-electron chi connectivity index (χ4n) is 4.29. The molecule has 178 valence electrons. The van der Waals surface area contributed by atoms with Gasteiger partial charge in [0.2, 0.25) is 10.0 Å². The molecule has 7 nitrogen and oxygen atoms in total. The number of morpholine rings is 1. The Labute approximate surface area is 200 Å². The molecular formula is C26H29N3O4S. The molecule has 0 aromatic heterocycles. The first-order chi connectivity index (χ1) is 16.3. The Kier molecular flexibility index (Phi) is 7.02. The third-order valence-electron chi connectivity index (χ3n) is 6.32. The van der Waals surface area contributed by atoms with Crippen LogP contribution in [-0.2, 0) is 20.2 Å². The van der Waals surface area contributed by atoms with Crippen molar-refractivity contribution in [3.63, 3.8) is 0 Å². The van der Waals surface area contributed by atoms with E-state index in [0.29, 0.717) is 38.5 Å². The predicted molar refractivity (Wildman–Crippen MR) is 133 cm³/mol. The minimum Gasteiger partial charge on any atom is -0.378 e. The van der Waals surface area contributed by atoms with Crippen molar-refractivity contribution >= 4 is 21.6 Å². The minimum atomic E-state index is -3.96. The standard InChI is InChI=1S/C26H29N3O4S/c1-26(20-8-4-2-5-9-20,21-10-6-3-7-11-21)19-28-25(30)23-18-22(34(27,31)32)12-13-24(23)29-14-16-33-17-15-29/h2-13,18H,14-17,19H2,1H3,(H,28,30)(H2,27,31,32). The summed E-state index contributed by atoms with van der Waals surface area (Å²) >= 11 is 0. The van der Waals surface area contributed by atoms with Gasteiger partial charge in [0.1, 0.15) is 0 Å². The van der Waals surface area contributed by atoms with Crippen molar-refractivity contribution in [3.8, 4) is 0 Å². The number of nitrogens with two attached hydrogens (primary N) is 1. The Morgan fingerprint density at radius 1 is 0.971 bits per heavy atom. The summed E-state index contributed by atoms with van der Waals surface area (Å²) in [7, 11) is -3.96. The summed E-state index contributed by atoms with van der Waals surface area (Å²) < 4.78 is 29.4. The number of amides is 1. The molecule has 1 fully saturated rings. The highest BCUT2D eigenvalue weighted by atomic mass is 32.2. The SMILES string of the molecule is CC(CNC(=O)c1cc(S(N)(=O)=O)ccc1N1CCOCC1)(c1ccccc1)c1ccccc1. The van der Waals surface area contributed by atoms with E-state index in [9.17, 15) is 13.2 Å². The molecule has 1 aliphatic heterocycles. The van der Waals surface area contributed by atoms with Gasteiger partial charge in [0.05, 0.1) is 23.7 Å². The summed E-state index contributed by atoms with van der Waals surface area (Å²) in [6, 6.07) is 24.4. The van der Waals surface area contributed by atoms with Gasteiger partial charge >= 0.3 is 0 Å². The molecule has 3 N–H and O–H groups in total. The molecule has 0 atom stereocenters. The Morgan fingerprint density at radius 3 is 2.06 bits per heavy atom. The van der Waals surface area contributed by atoms with Crippen molar-refractivity contribution in [2.45, 2.75) is 17.2 Å². The minimum absolute atomic E-state index is 0.0939. The second kappa shape index (κ2) is 9.97. The Bertz CT molecular complexity index is 1200. The summed E-state index contributed by atoms with van der Waals surface area (Å²) in [6.45, 7) is 4.71. The number of ether oxygens (including phenoxy) is 1. The average Bonchev–Trinajstić information content (AvgIpc) is 2.87. The lowest BCUT2D eigenvalue weighted by Gasteiger charge is -2.33. The van der Waals surface area contributed by atoms with Gasteiger partial charge in [0.25, 0.3) is 5.91 Å². The molecule has 0 unspecified atom stereocenters. The Balaban J connectivity index is 1.68. The van der Waals surface area contributed by atoms with Crippen molar-refractivity contribution < 1.29 is 17.9 Å². The molecule has 1 heterocycles. The van der Waals surface area contributed by atoms with E-state index in [1.807, 2.05) is 65.6 Å². The van der Waals surface area contributed by atoms with Crippen LogP contribution in [0.5, 0.6) is 0 Å². The van der Waals surface area contributed by atoms with Gasteiger partial charge in [-0.2, -0.15) is 0 Å². The molecule has 3 aromatic carbocycles. The molecule has 1 amide bonds. The lowest BCUT2D eigenvalue weighted by atomic mass is 9.76. The number of hydrogen-bond acceptors (Lipinski definition) is 5. The quantitative estimate of drug-likeness (QED) is 0.543. The zero-order valence-corrected chi connectivity index (χ0v) is 19.9. The fourth-order valence-corrected chi connectivity index (χ4v) is 4.83. The first-order valence-corrected chi connectivity index (χ1v) is 12.7. The summed E-state index contributed by atoms with van der Waals surface area (Å²) in [6.07, 6.45) is 0. The number of benzene rings is 3. The molecule has 0 radical (unpaired) electrons. The zero-order chi connectivity index (χ0) is 24.2. The molecule has 34 heavy (non-hydrogen) atoms. The van der Waals surface area contributed by atoms with Gasteiger partial charge in [-0.05, 0) is 36.2 Å². The number of carbonyl (C=O) groups is 1. The van der Waals surface area contributed by atoms with Crippen LogP contribution in [0.4, 0.5) is 5.69 Å². The first kappa shape index (κ1) is 23.9. The van der Waals surface area contributed by atoms with E-state index in [-0.39, 0.29) is 16.4 Å². The summed E-state index contributed by atoms with van der Waals surface area (Å²) in [5.74, 6) is -0.356. The molecule has 8 heteroatoms. The maximum Gasteiger partial charge on any atom is 0.253 e. The monoisotopic (exact) mass is 479 g/mol. The Hall–Kier alpha value is -3.20. The van der Waals surface area contributed by atoms with E-state index >= 15 is 0 Å². The van der Waals surface area contributed by atoms with E-state index in [0.717, 1.165) is 11.1 Å². The summed E-state index contributed by atoms with van der Waals surface area (Å²) in [5, 5.41) is 8.42. The van der Waals surface area contributed by atoms with Crippen LogP contribution in [0.25, 0.3) is 0 Å². The van der Waals surface area contributed by atoms with Crippen LogP contribution < -0.4 is 15.4 Å². The van der Waals surface area contributed by atoms with Gasteiger partial charge in [-0.25, -0.2) is 13.6 Å². The number of carbonyl (C=O) groups excluding carboxylic acids is 1. The van der Waals surface area contributed by atoms with Gasteiger partial charge in [0.15, 0.2) is 0 Å². The molecule has 0 saturated carbocycles. The van der Waals surface area contributed by atoms with Gasteiger partial charge in [-0.15, -0.1) is 0 Å². The van der Waals surface area contributed by atoms with Crippen molar-refractivity contribution in [2.75, 3.05) is 37.7 Å². The molecule has 0 spiro atoms. The lowest BCUT2D eigenvalue weighted by Crippen LogP contribution is -2.41. The zero-order valence-electron chi connectivity index (χ0n) is 19.1. The second-order valence-electron chi connectivity index (χ2n) is 8.57. The van der Waals surface area contributed by atoms with E-state index in [2.05, 4.69) is 12.2 Å². The van der Waals surface area contributed by atoms with Gasteiger partial charge in [-0.1, -0.05) is 60.7 Å². The summed E-state index contributed by atoms with van der Waals surface area (Å²) in [5.41, 5.74) is 2.57. The highest BCUT2D eigenvalue weighted by Crippen LogP contribution is 2.32. The Morgan fingerprint density at radius 2 is 1.53 bits per heavy atom. The predicted octanol–water partition coefficient (Wildman–Crippen LogP) is 2.91. The number of nitrogens with zero attached hydrogens (tertiary/aromatic N) is 1. The van der Waals surface area contributed by atoms with Crippen LogP contribution in [0.2, 0.25) is 0 Å². The molecule has 0 bridgehead atoms. The van der Waals surface area contributed by atoms with Crippen molar-refractivity contribution in [1.29, 1.82) is 0 Å². The molecule has 1 saturated heterocycles. The highest BCUT2D eigenvalue weighted by molar-refractivity contribution is 7.89. The maximum absolute atomic E-state index is 13.5. The first-order valence-electron chi connectivity index (χ1n) is 11.2.